The van der Waals surface area contributed by atoms with Crippen molar-refractivity contribution in [1.82, 2.24) is 0 Å². The second-order valence-electron chi connectivity index (χ2n) is 3.00. The van der Waals surface area contributed by atoms with Gasteiger partial charge in [0.15, 0.2) is 0 Å². The third-order valence-electron chi connectivity index (χ3n) is 1.95. The number of carboxylic acids is 1. The lowest BCUT2D eigenvalue weighted by Crippen LogP contribution is -2.08. The summed E-state index contributed by atoms with van der Waals surface area (Å²) < 4.78 is 0. The van der Waals surface area contributed by atoms with Crippen molar-refractivity contribution >= 4 is 30.0 Å². The number of rotatable bonds is 4. The molecule has 0 aromatic heterocycles. The predicted octanol–water partition coefficient (Wildman–Crippen LogP) is 1.56. The Morgan fingerprint density at radius 3 is 2.29 bits per heavy atom. The van der Waals surface area contributed by atoms with Crippen molar-refractivity contribution in [2.75, 3.05) is 0 Å². The highest BCUT2D eigenvalue weighted by Crippen LogP contribution is 2.32. The average molecular weight is 258 g/mol. The molecule has 1 atom stereocenters. The molecule has 1 N–H and O–H groups in total. The molecule has 0 aliphatic heterocycles. The van der Waals surface area contributed by atoms with Crippen molar-refractivity contribution in [3.05, 3.63) is 44.0 Å². The van der Waals surface area contributed by atoms with Gasteiger partial charge in [-0.3, -0.25) is 25.0 Å². The standard InChI is InChI=1S/C8H6N2O6S/c11-8(12)7(17)5-2-1-4(9(13)14)3-6(5)10(15)16/h1-3,7,17H,(H,11,12). The van der Waals surface area contributed by atoms with E-state index in [1.54, 1.807) is 0 Å². The Labute approximate surface area is 99.6 Å². The third-order valence-corrected chi connectivity index (χ3v) is 2.45. The van der Waals surface area contributed by atoms with Gasteiger partial charge in [-0.05, 0) is 6.07 Å². The number of benzene rings is 1. The van der Waals surface area contributed by atoms with Gasteiger partial charge in [0, 0.05) is 6.07 Å². The van der Waals surface area contributed by atoms with Crippen LogP contribution in [-0.4, -0.2) is 20.9 Å². The van der Waals surface area contributed by atoms with Crippen LogP contribution in [-0.2, 0) is 4.79 Å². The molecule has 0 aliphatic carbocycles. The molecule has 1 aromatic carbocycles. The lowest BCUT2D eigenvalue weighted by molar-refractivity contribution is -0.394. The molecule has 0 saturated heterocycles. The van der Waals surface area contributed by atoms with Gasteiger partial charge in [0.25, 0.3) is 11.4 Å². The van der Waals surface area contributed by atoms with E-state index in [0.29, 0.717) is 6.07 Å². The van der Waals surface area contributed by atoms with E-state index in [1.807, 2.05) is 0 Å². The summed E-state index contributed by atoms with van der Waals surface area (Å²) in [5.74, 6) is -1.37. The highest BCUT2D eigenvalue weighted by atomic mass is 32.1. The first-order valence-electron chi connectivity index (χ1n) is 4.18. The van der Waals surface area contributed by atoms with Crippen LogP contribution in [0.2, 0.25) is 0 Å². The zero-order valence-corrected chi connectivity index (χ0v) is 9.03. The van der Waals surface area contributed by atoms with Gasteiger partial charge < -0.3 is 5.11 Å². The van der Waals surface area contributed by atoms with Gasteiger partial charge in [-0.2, -0.15) is 12.6 Å². The number of nitrogens with zero attached hydrogens (tertiary/aromatic N) is 2. The van der Waals surface area contributed by atoms with Gasteiger partial charge in [-0.1, -0.05) is 0 Å². The summed E-state index contributed by atoms with van der Waals surface area (Å²) in [5, 5.41) is 28.4. The molecule has 17 heavy (non-hydrogen) atoms. The van der Waals surface area contributed by atoms with Crippen LogP contribution in [0.1, 0.15) is 10.8 Å². The lowest BCUT2D eigenvalue weighted by atomic mass is 10.1. The number of carbonyl (C=O) groups is 1. The minimum atomic E-state index is -1.41. The van der Waals surface area contributed by atoms with Gasteiger partial charge in [0.05, 0.1) is 21.5 Å². The smallest absolute Gasteiger partial charge is 0.321 e. The van der Waals surface area contributed by atoms with Crippen LogP contribution < -0.4 is 0 Å². The first-order chi connectivity index (χ1) is 7.84. The Morgan fingerprint density at radius 1 is 1.29 bits per heavy atom. The molecule has 0 heterocycles. The van der Waals surface area contributed by atoms with Gasteiger partial charge in [0.1, 0.15) is 5.25 Å². The number of non-ortho nitro benzene ring substituents is 1. The Hall–Kier alpha value is -2.16. The molecule has 0 saturated carbocycles. The number of nitro benzene ring substituents is 2. The van der Waals surface area contributed by atoms with Crippen molar-refractivity contribution in [3.8, 4) is 0 Å². The first kappa shape index (κ1) is 12.9. The fourth-order valence-corrected chi connectivity index (χ4v) is 1.39. The molecule has 0 fully saturated rings. The van der Waals surface area contributed by atoms with Crippen molar-refractivity contribution in [3.63, 3.8) is 0 Å². The first-order valence-corrected chi connectivity index (χ1v) is 4.70. The van der Waals surface area contributed by atoms with Crippen LogP contribution in [0.4, 0.5) is 11.4 Å². The maximum absolute atomic E-state index is 10.7. The van der Waals surface area contributed by atoms with Crippen LogP contribution in [0, 0.1) is 20.2 Å². The lowest BCUT2D eigenvalue weighted by Gasteiger charge is -2.06. The summed E-state index contributed by atoms with van der Waals surface area (Å²) in [6, 6.07) is 2.72. The van der Waals surface area contributed by atoms with Crippen molar-refractivity contribution in [2.45, 2.75) is 5.25 Å². The summed E-state index contributed by atoms with van der Waals surface area (Å²) in [5.41, 5.74) is -1.32. The second-order valence-corrected chi connectivity index (χ2v) is 3.51. The van der Waals surface area contributed by atoms with E-state index in [-0.39, 0.29) is 5.56 Å². The fourth-order valence-electron chi connectivity index (χ4n) is 1.17. The molecule has 0 spiro atoms. The summed E-state index contributed by atoms with van der Waals surface area (Å²) in [4.78, 5) is 30.1. The second kappa shape index (κ2) is 4.78. The van der Waals surface area contributed by atoms with Crippen LogP contribution in [0.3, 0.4) is 0 Å². The summed E-state index contributed by atoms with van der Waals surface area (Å²) >= 11 is 3.69. The van der Waals surface area contributed by atoms with E-state index in [2.05, 4.69) is 12.6 Å². The highest BCUT2D eigenvalue weighted by Gasteiger charge is 2.27. The van der Waals surface area contributed by atoms with Crippen molar-refractivity contribution < 1.29 is 19.7 Å². The van der Waals surface area contributed by atoms with Crippen LogP contribution in [0.15, 0.2) is 18.2 Å². The minimum absolute atomic E-state index is 0.198. The summed E-state index contributed by atoms with van der Waals surface area (Å²) in [6.07, 6.45) is 0. The molecule has 0 radical (unpaired) electrons. The largest absolute Gasteiger partial charge is 0.480 e. The molecule has 0 amide bonds. The van der Waals surface area contributed by atoms with E-state index >= 15 is 0 Å². The molecule has 90 valence electrons. The van der Waals surface area contributed by atoms with Crippen LogP contribution in [0.5, 0.6) is 0 Å². The number of nitro groups is 2. The number of carboxylic acid groups (broad SMARTS) is 1. The molecule has 0 bridgehead atoms. The number of thiol groups is 1. The fraction of sp³-hybridized carbons (Fsp3) is 0.125. The Kier molecular flexibility index (Phi) is 3.63. The Bertz CT molecular complexity index is 503. The molecule has 9 heteroatoms. The number of hydrogen-bond acceptors (Lipinski definition) is 6. The average Bonchev–Trinajstić information content (AvgIpc) is 2.26. The zero-order valence-electron chi connectivity index (χ0n) is 8.14. The van der Waals surface area contributed by atoms with Crippen molar-refractivity contribution in [1.29, 1.82) is 0 Å². The maximum Gasteiger partial charge on any atom is 0.321 e. The van der Waals surface area contributed by atoms with Crippen molar-refractivity contribution in [2.24, 2.45) is 0 Å². The maximum atomic E-state index is 10.7. The monoisotopic (exact) mass is 258 g/mol. The highest BCUT2D eigenvalue weighted by molar-refractivity contribution is 7.81. The normalized spacial score (nSPS) is 11.8. The van der Waals surface area contributed by atoms with Gasteiger partial charge >= 0.3 is 5.97 Å². The zero-order chi connectivity index (χ0) is 13.2. The van der Waals surface area contributed by atoms with Crippen LogP contribution in [0.25, 0.3) is 0 Å². The number of aliphatic carboxylic acids is 1. The van der Waals surface area contributed by atoms with E-state index in [1.165, 1.54) is 0 Å². The molecule has 1 aromatic rings. The molecule has 1 rings (SSSR count). The predicted molar refractivity (Wildman–Crippen MR) is 59.1 cm³/mol. The molecular formula is C8H6N2O6S. The Balaban J connectivity index is 3.37. The molecule has 1 unspecified atom stereocenters. The van der Waals surface area contributed by atoms with E-state index in [4.69, 9.17) is 5.11 Å². The topological polar surface area (TPSA) is 124 Å². The van der Waals surface area contributed by atoms with Gasteiger partial charge in [-0.15, -0.1) is 0 Å². The Morgan fingerprint density at radius 2 is 1.88 bits per heavy atom. The van der Waals surface area contributed by atoms with E-state index in [0.717, 1.165) is 12.1 Å². The van der Waals surface area contributed by atoms with Crippen LogP contribution >= 0.6 is 12.6 Å². The molecule has 0 aliphatic rings. The van der Waals surface area contributed by atoms with E-state index in [9.17, 15) is 25.0 Å². The molecule has 8 nitrogen and oxygen atoms in total. The van der Waals surface area contributed by atoms with Gasteiger partial charge in [-0.25, -0.2) is 0 Å². The number of hydrogen-bond donors (Lipinski definition) is 2. The quantitative estimate of drug-likeness (QED) is 0.479. The summed E-state index contributed by atoms with van der Waals surface area (Å²) in [6.45, 7) is 0. The third kappa shape index (κ3) is 2.69. The van der Waals surface area contributed by atoms with E-state index < -0.39 is 32.4 Å². The minimum Gasteiger partial charge on any atom is -0.480 e. The SMILES string of the molecule is O=C(O)C(S)c1ccc([N+](=O)[O-])cc1[N+](=O)[O-]. The molecular weight excluding hydrogens is 252 g/mol. The van der Waals surface area contributed by atoms with Gasteiger partial charge in [0.2, 0.25) is 0 Å². The summed E-state index contributed by atoms with van der Waals surface area (Å²) in [7, 11) is 0.